The van der Waals surface area contributed by atoms with Crippen molar-refractivity contribution >= 4 is 21.4 Å². The van der Waals surface area contributed by atoms with Crippen molar-refractivity contribution in [1.29, 1.82) is 0 Å². The van der Waals surface area contributed by atoms with Crippen molar-refractivity contribution < 1.29 is 8.42 Å². The summed E-state index contributed by atoms with van der Waals surface area (Å²) in [4.78, 5) is 1.52. The Morgan fingerprint density at radius 3 is 2.65 bits per heavy atom. The third kappa shape index (κ3) is 3.89. The first-order valence-corrected chi connectivity index (χ1v) is 8.74. The lowest BCUT2D eigenvalue weighted by atomic mass is 10.2. The lowest BCUT2D eigenvalue weighted by molar-refractivity contribution is 0.580. The van der Waals surface area contributed by atoms with E-state index in [1.807, 2.05) is 29.6 Å². The van der Waals surface area contributed by atoms with Crippen molar-refractivity contribution in [3.05, 3.63) is 52.2 Å². The van der Waals surface area contributed by atoms with Crippen molar-refractivity contribution in [1.82, 2.24) is 10.0 Å². The average Bonchev–Trinajstić information content (AvgIpc) is 2.92. The van der Waals surface area contributed by atoms with Gasteiger partial charge < -0.3 is 5.32 Å². The van der Waals surface area contributed by atoms with E-state index in [0.29, 0.717) is 24.4 Å². The summed E-state index contributed by atoms with van der Waals surface area (Å²) in [5.41, 5.74) is 0.777. The Balaban J connectivity index is 2.06. The van der Waals surface area contributed by atoms with E-state index in [9.17, 15) is 8.42 Å². The van der Waals surface area contributed by atoms with E-state index in [1.165, 1.54) is 4.88 Å². The average molecular weight is 310 g/mol. The second-order valence-corrected chi connectivity index (χ2v) is 7.13. The largest absolute Gasteiger partial charge is 0.316 e. The molecular formula is C14H18N2O2S2. The molecule has 0 aliphatic carbocycles. The van der Waals surface area contributed by atoms with Gasteiger partial charge in [0.2, 0.25) is 10.0 Å². The molecular weight excluding hydrogens is 292 g/mol. The standard InChI is InChI=1S/C14H18N2O2S2/c1-15-11-12-5-2-3-7-14(12)20(17,18)16-9-8-13-6-4-10-19-13/h2-7,10,15-16H,8-9,11H2,1H3. The van der Waals surface area contributed by atoms with Crippen molar-refractivity contribution in [3.8, 4) is 0 Å². The van der Waals surface area contributed by atoms with Crippen LogP contribution in [0, 0.1) is 0 Å². The van der Waals surface area contributed by atoms with Crippen LogP contribution in [0.1, 0.15) is 10.4 Å². The number of rotatable bonds is 7. The van der Waals surface area contributed by atoms with Crippen LogP contribution in [-0.2, 0) is 23.0 Å². The monoisotopic (exact) mass is 310 g/mol. The summed E-state index contributed by atoms with van der Waals surface area (Å²) in [6.45, 7) is 0.943. The maximum Gasteiger partial charge on any atom is 0.240 e. The highest BCUT2D eigenvalue weighted by molar-refractivity contribution is 7.89. The number of nitrogens with one attached hydrogen (secondary N) is 2. The maximum atomic E-state index is 12.3. The first-order valence-electron chi connectivity index (χ1n) is 6.38. The summed E-state index contributed by atoms with van der Waals surface area (Å²) in [5.74, 6) is 0. The quantitative estimate of drug-likeness (QED) is 0.822. The molecule has 0 saturated carbocycles. The van der Waals surface area contributed by atoms with Crippen LogP contribution in [0.25, 0.3) is 0 Å². The Morgan fingerprint density at radius 1 is 1.15 bits per heavy atom. The summed E-state index contributed by atoms with van der Waals surface area (Å²) in [7, 11) is -1.65. The molecule has 0 aliphatic rings. The Morgan fingerprint density at radius 2 is 1.95 bits per heavy atom. The molecule has 2 N–H and O–H groups in total. The Hall–Kier alpha value is -1.21. The van der Waals surface area contributed by atoms with Crippen LogP contribution in [0.15, 0.2) is 46.7 Å². The lowest BCUT2D eigenvalue weighted by Crippen LogP contribution is -2.27. The van der Waals surface area contributed by atoms with Gasteiger partial charge in [-0.2, -0.15) is 0 Å². The number of hydrogen-bond donors (Lipinski definition) is 2. The third-order valence-corrected chi connectivity index (χ3v) is 5.37. The van der Waals surface area contributed by atoms with Gasteiger partial charge in [-0.25, -0.2) is 13.1 Å². The Kier molecular flexibility index (Phi) is 5.31. The SMILES string of the molecule is CNCc1ccccc1S(=O)(=O)NCCc1cccs1. The molecule has 0 spiro atoms. The number of sulfonamides is 1. The normalized spacial score (nSPS) is 11.7. The summed E-state index contributed by atoms with van der Waals surface area (Å²) >= 11 is 1.64. The van der Waals surface area contributed by atoms with E-state index < -0.39 is 10.0 Å². The van der Waals surface area contributed by atoms with Crippen LogP contribution in [0.5, 0.6) is 0 Å². The molecule has 0 fully saturated rings. The van der Waals surface area contributed by atoms with E-state index in [4.69, 9.17) is 0 Å². The van der Waals surface area contributed by atoms with Gasteiger partial charge in [-0.05, 0) is 36.5 Å². The van der Waals surface area contributed by atoms with Crippen molar-refractivity contribution in [2.45, 2.75) is 17.9 Å². The molecule has 0 aliphatic heterocycles. The second-order valence-electron chi connectivity index (χ2n) is 4.37. The molecule has 0 radical (unpaired) electrons. The lowest BCUT2D eigenvalue weighted by Gasteiger charge is -2.11. The molecule has 6 heteroatoms. The zero-order valence-electron chi connectivity index (χ0n) is 11.3. The molecule has 0 atom stereocenters. The van der Waals surface area contributed by atoms with Gasteiger partial charge in [0.15, 0.2) is 0 Å². The van der Waals surface area contributed by atoms with Crippen molar-refractivity contribution in [2.24, 2.45) is 0 Å². The van der Waals surface area contributed by atoms with Gasteiger partial charge >= 0.3 is 0 Å². The van der Waals surface area contributed by atoms with Gasteiger partial charge in [-0.1, -0.05) is 24.3 Å². The molecule has 1 aromatic heterocycles. The minimum Gasteiger partial charge on any atom is -0.316 e. The van der Waals surface area contributed by atoms with Crippen molar-refractivity contribution in [3.63, 3.8) is 0 Å². The molecule has 0 unspecified atom stereocenters. The third-order valence-electron chi connectivity index (χ3n) is 2.87. The number of benzene rings is 1. The van der Waals surface area contributed by atoms with Crippen LogP contribution in [0.2, 0.25) is 0 Å². The number of thiophene rings is 1. The molecule has 0 amide bonds. The molecule has 2 rings (SSSR count). The molecule has 20 heavy (non-hydrogen) atoms. The van der Waals surface area contributed by atoms with Gasteiger partial charge in [0.05, 0.1) is 4.90 Å². The zero-order valence-corrected chi connectivity index (χ0v) is 12.9. The molecule has 1 aromatic carbocycles. The summed E-state index contributed by atoms with van der Waals surface area (Å²) in [6.07, 6.45) is 0.713. The fourth-order valence-electron chi connectivity index (χ4n) is 1.94. The predicted molar refractivity (Wildman–Crippen MR) is 82.4 cm³/mol. The predicted octanol–water partition coefficient (Wildman–Crippen LogP) is 1.99. The van der Waals surface area contributed by atoms with Crippen molar-refractivity contribution in [2.75, 3.05) is 13.6 Å². The fraction of sp³-hybridized carbons (Fsp3) is 0.286. The van der Waals surface area contributed by atoms with Crippen LogP contribution < -0.4 is 10.0 Å². The van der Waals surface area contributed by atoms with E-state index in [1.54, 1.807) is 30.5 Å². The molecule has 108 valence electrons. The van der Waals surface area contributed by atoms with Crippen LogP contribution in [-0.4, -0.2) is 22.0 Å². The second kappa shape index (κ2) is 6.99. The zero-order chi connectivity index (χ0) is 14.4. The minimum absolute atomic E-state index is 0.348. The fourth-order valence-corrected chi connectivity index (χ4v) is 3.92. The molecule has 0 bridgehead atoms. The first-order chi connectivity index (χ1) is 9.63. The minimum atomic E-state index is -3.45. The Bertz CT molecular complexity index is 637. The highest BCUT2D eigenvalue weighted by atomic mass is 32.2. The summed E-state index contributed by atoms with van der Waals surface area (Å²) in [6, 6.07) is 11.0. The Labute approximate surface area is 123 Å². The molecule has 2 aromatic rings. The van der Waals surface area contributed by atoms with E-state index in [0.717, 1.165) is 5.56 Å². The first kappa shape index (κ1) is 15.2. The topological polar surface area (TPSA) is 58.2 Å². The highest BCUT2D eigenvalue weighted by Gasteiger charge is 2.17. The maximum absolute atomic E-state index is 12.3. The molecule has 1 heterocycles. The summed E-state index contributed by atoms with van der Waals surface area (Å²) in [5, 5.41) is 4.98. The van der Waals surface area contributed by atoms with Gasteiger partial charge in [-0.3, -0.25) is 0 Å². The van der Waals surface area contributed by atoms with Crippen LogP contribution >= 0.6 is 11.3 Å². The summed E-state index contributed by atoms with van der Waals surface area (Å²) < 4.78 is 27.3. The van der Waals surface area contributed by atoms with E-state index in [2.05, 4.69) is 10.0 Å². The van der Waals surface area contributed by atoms with Crippen LogP contribution in [0.4, 0.5) is 0 Å². The smallest absolute Gasteiger partial charge is 0.240 e. The van der Waals surface area contributed by atoms with Gasteiger partial charge in [-0.15, -0.1) is 11.3 Å². The van der Waals surface area contributed by atoms with Gasteiger partial charge in [0.1, 0.15) is 0 Å². The van der Waals surface area contributed by atoms with E-state index >= 15 is 0 Å². The molecule has 4 nitrogen and oxygen atoms in total. The van der Waals surface area contributed by atoms with Gasteiger partial charge in [0, 0.05) is 18.0 Å². The number of hydrogen-bond acceptors (Lipinski definition) is 4. The molecule has 0 saturated heterocycles. The highest BCUT2D eigenvalue weighted by Crippen LogP contribution is 2.15. The van der Waals surface area contributed by atoms with Crippen LogP contribution in [0.3, 0.4) is 0 Å². The van der Waals surface area contributed by atoms with Gasteiger partial charge in [0.25, 0.3) is 0 Å². The van der Waals surface area contributed by atoms with E-state index in [-0.39, 0.29) is 0 Å².